The van der Waals surface area contributed by atoms with Gasteiger partial charge in [-0.2, -0.15) is 0 Å². The predicted octanol–water partition coefficient (Wildman–Crippen LogP) is 3.12. The second-order valence-corrected chi connectivity index (χ2v) is 7.80. The van der Waals surface area contributed by atoms with Gasteiger partial charge in [0.05, 0.1) is 12.0 Å². The second kappa shape index (κ2) is 8.83. The molecule has 0 spiro atoms. The minimum absolute atomic E-state index is 0.112. The van der Waals surface area contributed by atoms with Gasteiger partial charge >= 0.3 is 5.97 Å². The van der Waals surface area contributed by atoms with Gasteiger partial charge in [0, 0.05) is 25.6 Å². The number of carbonyl (C=O) groups is 2. The number of aliphatic carboxylic acids is 1. The van der Waals surface area contributed by atoms with Crippen molar-refractivity contribution in [2.75, 3.05) is 19.7 Å². The Bertz CT molecular complexity index is 672. The number of rotatable bonds is 6. The minimum Gasteiger partial charge on any atom is -0.481 e. The van der Waals surface area contributed by atoms with Gasteiger partial charge in [0.25, 0.3) is 0 Å². The molecule has 1 aromatic carbocycles. The summed E-state index contributed by atoms with van der Waals surface area (Å²) in [5.41, 5.74) is 0.909. The van der Waals surface area contributed by atoms with Crippen LogP contribution >= 0.6 is 0 Å². The van der Waals surface area contributed by atoms with Crippen molar-refractivity contribution in [3.63, 3.8) is 0 Å². The van der Waals surface area contributed by atoms with Gasteiger partial charge in [0.2, 0.25) is 5.91 Å². The van der Waals surface area contributed by atoms with Crippen molar-refractivity contribution in [1.82, 2.24) is 4.90 Å². The number of aryl methyl sites for hydroxylation is 1. The molecule has 3 rings (SSSR count). The van der Waals surface area contributed by atoms with Crippen molar-refractivity contribution in [2.24, 2.45) is 17.8 Å². The Balaban J connectivity index is 1.47. The second-order valence-electron chi connectivity index (χ2n) is 7.80. The van der Waals surface area contributed by atoms with E-state index in [1.54, 1.807) is 6.07 Å². The number of carboxylic acids is 1. The molecule has 3 atom stereocenters. The molecule has 2 unspecified atom stereocenters. The summed E-state index contributed by atoms with van der Waals surface area (Å²) in [5.74, 6) is -1.21. The zero-order valence-corrected chi connectivity index (χ0v) is 15.8. The molecule has 0 radical (unpaired) electrons. The van der Waals surface area contributed by atoms with Crippen LogP contribution in [0.25, 0.3) is 0 Å². The van der Waals surface area contributed by atoms with E-state index in [2.05, 4.69) is 0 Å². The fraction of sp³-hybridized carbons (Fsp3) is 0.619. The molecule has 148 valence electrons. The molecule has 2 fully saturated rings. The van der Waals surface area contributed by atoms with E-state index in [9.17, 15) is 19.1 Å². The van der Waals surface area contributed by atoms with Gasteiger partial charge in [0.1, 0.15) is 5.82 Å². The number of amides is 1. The smallest absolute Gasteiger partial charge is 0.309 e. The van der Waals surface area contributed by atoms with Gasteiger partial charge in [-0.05, 0) is 55.7 Å². The molecular weight excluding hydrogens is 349 g/mol. The zero-order chi connectivity index (χ0) is 19.4. The van der Waals surface area contributed by atoms with Gasteiger partial charge in [-0.1, -0.05) is 19.1 Å². The first-order valence-electron chi connectivity index (χ1n) is 9.83. The van der Waals surface area contributed by atoms with E-state index in [1.807, 2.05) is 17.9 Å². The number of ether oxygens (including phenoxy) is 1. The first kappa shape index (κ1) is 19.8. The number of carboxylic acid groups (broad SMARTS) is 1. The molecule has 0 bridgehead atoms. The Morgan fingerprint density at radius 2 is 2.04 bits per heavy atom. The van der Waals surface area contributed by atoms with Gasteiger partial charge in [-0.15, -0.1) is 0 Å². The Hall–Kier alpha value is -1.95. The molecular formula is C21H28FNO4. The highest BCUT2D eigenvalue weighted by Gasteiger charge is 2.41. The van der Waals surface area contributed by atoms with Crippen LogP contribution in [0.4, 0.5) is 4.39 Å². The third-order valence-corrected chi connectivity index (χ3v) is 5.95. The van der Waals surface area contributed by atoms with Crippen molar-refractivity contribution in [1.29, 1.82) is 0 Å². The number of likely N-dealkylation sites (tertiary alicyclic amines) is 1. The summed E-state index contributed by atoms with van der Waals surface area (Å²) in [6.07, 6.45) is 3.31. The zero-order valence-electron chi connectivity index (χ0n) is 15.8. The average Bonchev–Trinajstić information content (AvgIpc) is 3.16. The molecule has 2 aliphatic heterocycles. The third kappa shape index (κ3) is 4.86. The van der Waals surface area contributed by atoms with Gasteiger partial charge in [0.15, 0.2) is 0 Å². The molecule has 0 aliphatic carbocycles. The molecule has 2 aliphatic rings. The van der Waals surface area contributed by atoms with Crippen LogP contribution in [0.1, 0.15) is 38.2 Å². The van der Waals surface area contributed by atoms with Crippen LogP contribution in [-0.4, -0.2) is 47.7 Å². The first-order valence-corrected chi connectivity index (χ1v) is 9.83. The van der Waals surface area contributed by atoms with Crippen LogP contribution in [0.5, 0.6) is 0 Å². The number of hydrogen-bond donors (Lipinski definition) is 1. The average molecular weight is 377 g/mol. The van der Waals surface area contributed by atoms with Crippen LogP contribution < -0.4 is 0 Å². The minimum atomic E-state index is -0.776. The highest BCUT2D eigenvalue weighted by molar-refractivity contribution is 5.78. The summed E-state index contributed by atoms with van der Waals surface area (Å²) >= 11 is 0. The molecule has 2 saturated heterocycles. The van der Waals surface area contributed by atoms with E-state index in [0.717, 1.165) is 18.4 Å². The van der Waals surface area contributed by atoms with E-state index in [1.165, 1.54) is 12.1 Å². The Morgan fingerprint density at radius 3 is 2.70 bits per heavy atom. The van der Waals surface area contributed by atoms with Crippen molar-refractivity contribution in [3.05, 3.63) is 35.6 Å². The number of piperidine rings is 1. The van der Waals surface area contributed by atoms with Gasteiger partial charge < -0.3 is 14.7 Å². The lowest BCUT2D eigenvalue weighted by molar-refractivity contribution is -0.146. The number of benzene rings is 1. The Morgan fingerprint density at radius 1 is 1.30 bits per heavy atom. The SMILES string of the molecule is CC(CCc1cccc(F)c1)C(=O)N1CCC([C@@H]2OCCC2C(=O)O)CC1. The maximum absolute atomic E-state index is 13.3. The quantitative estimate of drug-likeness (QED) is 0.827. The molecule has 27 heavy (non-hydrogen) atoms. The summed E-state index contributed by atoms with van der Waals surface area (Å²) in [7, 11) is 0. The highest BCUT2D eigenvalue weighted by atomic mass is 19.1. The maximum atomic E-state index is 13.3. The van der Waals surface area contributed by atoms with E-state index >= 15 is 0 Å². The number of halogens is 1. The largest absolute Gasteiger partial charge is 0.481 e. The Kier molecular flexibility index (Phi) is 6.47. The van der Waals surface area contributed by atoms with Gasteiger partial charge in [-0.3, -0.25) is 9.59 Å². The van der Waals surface area contributed by atoms with Crippen LogP contribution in [0.2, 0.25) is 0 Å². The fourth-order valence-corrected chi connectivity index (χ4v) is 4.30. The lowest BCUT2D eigenvalue weighted by Gasteiger charge is -2.36. The van der Waals surface area contributed by atoms with E-state index < -0.39 is 11.9 Å². The van der Waals surface area contributed by atoms with Crippen molar-refractivity contribution < 1.29 is 23.8 Å². The molecule has 5 nitrogen and oxygen atoms in total. The number of nitrogens with zero attached hydrogens (tertiary/aromatic N) is 1. The molecule has 0 aromatic heterocycles. The third-order valence-electron chi connectivity index (χ3n) is 5.95. The van der Waals surface area contributed by atoms with E-state index in [0.29, 0.717) is 39.0 Å². The normalized spacial score (nSPS) is 24.7. The molecule has 6 heteroatoms. The highest BCUT2D eigenvalue weighted by Crippen LogP contribution is 2.33. The number of hydrogen-bond acceptors (Lipinski definition) is 3. The fourth-order valence-electron chi connectivity index (χ4n) is 4.30. The molecule has 2 heterocycles. The predicted molar refractivity (Wildman–Crippen MR) is 98.7 cm³/mol. The van der Waals surface area contributed by atoms with Crippen LogP contribution in [0.15, 0.2) is 24.3 Å². The summed E-state index contributed by atoms with van der Waals surface area (Å²) in [6.45, 7) is 3.74. The van der Waals surface area contributed by atoms with Gasteiger partial charge in [-0.25, -0.2) is 4.39 Å². The molecule has 0 saturated carbocycles. The van der Waals surface area contributed by atoms with Crippen LogP contribution in [-0.2, 0) is 20.7 Å². The number of carbonyl (C=O) groups excluding carboxylic acids is 1. The van der Waals surface area contributed by atoms with Crippen molar-refractivity contribution >= 4 is 11.9 Å². The van der Waals surface area contributed by atoms with Crippen molar-refractivity contribution in [3.8, 4) is 0 Å². The van der Waals surface area contributed by atoms with Crippen molar-refractivity contribution in [2.45, 2.75) is 45.1 Å². The van der Waals surface area contributed by atoms with Crippen LogP contribution in [0.3, 0.4) is 0 Å². The van der Waals surface area contributed by atoms with E-state index in [-0.39, 0.29) is 29.7 Å². The Labute approximate surface area is 159 Å². The summed E-state index contributed by atoms with van der Waals surface area (Å²) in [5, 5.41) is 9.33. The van der Waals surface area contributed by atoms with E-state index in [4.69, 9.17) is 4.74 Å². The summed E-state index contributed by atoms with van der Waals surface area (Å²) in [4.78, 5) is 26.0. The molecule has 1 N–H and O–H groups in total. The maximum Gasteiger partial charge on any atom is 0.309 e. The van der Waals surface area contributed by atoms with Crippen LogP contribution in [0, 0.1) is 23.6 Å². The molecule has 1 amide bonds. The standard InChI is InChI=1S/C21H28FNO4/c1-14(5-6-15-3-2-4-17(22)13-15)20(24)23-10-7-16(8-11-23)19-18(21(25)26)9-12-27-19/h2-4,13-14,16,18-19H,5-12H2,1H3,(H,25,26)/t14?,18?,19-/m0/s1. The monoisotopic (exact) mass is 377 g/mol. The summed E-state index contributed by atoms with van der Waals surface area (Å²) in [6, 6.07) is 6.51. The lowest BCUT2D eigenvalue weighted by Crippen LogP contribution is -2.45. The topological polar surface area (TPSA) is 66.8 Å². The lowest BCUT2D eigenvalue weighted by atomic mass is 9.84. The first-order chi connectivity index (χ1) is 13.0. The summed E-state index contributed by atoms with van der Waals surface area (Å²) < 4.78 is 19.0. The molecule has 1 aromatic rings.